The van der Waals surface area contributed by atoms with Gasteiger partial charge in [-0.2, -0.15) is 0 Å². The first-order chi connectivity index (χ1) is 33.3. The molecule has 1 unspecified atom stereocenters. The number of aromatic nitrogens is 2. The number of hydrogen-bond acceptors (Lipinski definition) is 16. The molecule has 1 saturated heterocycles. The van der Waals surface area contributed by atoms with Crippen LogP contribution < -0.4 is 19.9 Å². The van der Waals surface area contributed by atoms with Crippen LogP contribution in [0.4, 0.5) is 16.3 Å². The number of benzene rings is 3. The maximum atomic E-state index is 13.4. The summed E-state index contributed by atoms with van der Waals surface area (Å²) >= 11 is 1.56. The van der Waals surface area contributed by atoms with Gasteiger partial charge in [0.15, 0.2) is 0 Å². The molecule has 0 aliphatic carbocycles. The predicted octanol–water partition coefficient (Wildman–Crippen LogP) is 6.40. The van der Waals surface area contributed by atoms with Gasteiger partial charge in [-0.25, -0.2) is 14.8 Å². The molecule has 1 fully saturated rings. The Hall–Kier alpha value is -6.35. The lowest BCUT2D eigenvalue weighted by atomic mass is 10.0. The summed E-state index contributed by atoms with van der Waals surface area (Å²) in [6, 6.07) is 21.6. The molecule has 1 N–H and O–H groups in total. The Balaban J connectivity index is 0.738. The van der Waals surface area contributed by atoms with Crippen molar-refractivity contribution in [3.63, 3.8) is 0 Å². The topological polar surface area (TPSA) is 197 Å². The second-order valence-electron chi connectivity index (χ2n) is 17.2. The van der Waals surface area contributed by atoms with Crippen molar-refractivity contribution in [1.29, 1.82) is 0 Å². The number of fused-ring (bicyclic) bond motifs is 2. The van der Waals surface area contributed by atoms with Crippen molar-refractivity contribution in [3.05, 3.63) is 90.1 Å². The normalized spacial score (nSPS) is 14.9. The molecule has 3 aromatic carbocycles. The van der Waals surface area contributed by atoms with Crippen LogP contribution in [0.2, 0.25) is 0 Å². The highest BCUT2D eigenvalue weighted by molar-refractivity contribution is 7.21. The van der Waals surface area contributed by atoms with E-state index in [1.807, 2.05) is 70.2 Å². The molecule has 7 rings (SSSR count). The van der Waals surface area contributed by atoms with Crippen LogP contribution in [0.25, 0.3) is 31.9 Å². The molecule has 2 aliphatic rings. The summed E-state index contributed by atoms with van der Waals surface area (Å²) in [5, 5.41) is 3.06. The van der Waals surface area contributed by atoms with E-state index in [1.54, 1.807) is 22.3 Å². The third-order valence-electron chi connectivity index (χ3n) is 10.8. The van der Waals surface area contributed by atoms with Crippen molar-refractivity contribution in [1.82, 2.24) is 20.2 Å². The summed E-state index contributed by atoms with van der Waals surface area (Å²) in [5.74, 6) is -0.974. The van der Waals surface area contributed by atoms with Gasteiger partial charge in [-0.15, -0.1) is 11.3 Å². The van der Waals surface area contributed by atoms with Crippen LogP contribution in [0.1, 0.15) is 54.3 Å². The number of anilines is 2. The Morgan fingerprint density at radius 1 is 0.725 bits per heavy atom. The minimum atomic E-state index is -1.03. The van der Waals surface area contributed by atoms with E-state index in [-0.39, 0.29) is 50.3 Å². The number of carbonyl (C=O) groups is 5. The number of nitrogens with one attached hydrogen (secondary N) is 1. The van der Waals surface area contributed by atoms with Gasteiger partial charge in [0.2, 0.25) is 11.8 Å². The first kappa shape index (κ1) is 50.5. The molecule has 5 aromatic rings. The number of nitrogens with zero attached hydrogens (tertiary/aromatic N) is 5. The van der Waals surface area contributed by atoms with Gasteiger partial charge in [0.1, 0.15) is 34.8 Å². The van der Waals surface area contributed by atoms with E-state index in [2.05, 4.69) is 40.6 Å². The van der Waals surface area contributed by atoms with Gasteiger partial charge in [0.25, 0.3) is 11.8 Å². The Morgan fingerprint density at radius 2 is 1.33 bits per heavy atom. The van der Waals surface area contributed by atoms with Gasteiger partial charge < -0.3 is 38.1 Å². The van der Waals surface area contributed by atoms with E-state index < -0.39 is 41.4 Å². The molecular formula is C50H58N6O12S. The van der Waals surface area contributed by atoms with Crippen molar-refractivity contribution in [3.8, 4) is 27.4 Å². The molecular weight excluding hydrogens is 909 g/mol. The molecule has 0 bridgehead atoms. The number of carbonyl (C=O) groups excluding carboxylic acids is 5. The first-order valence-corrected chi connectivity index (χ1v) is 23.6. The lowest BCUT2D eigenvalue weighted by molar-refractivity contribution is -0.136. The third kappa shape index (κ3) is 13.7. The highest BCUT2D eigenvalue weighted by Gasteiger charge is 2.44. The lowest BCUT2D eigenvalue weighted by Gasteiger charge is -2.27. The maximum absolute atomic E-state index is 13.4. The van der Waals surface area contributed by atoms with Crippen molar-refractivity contribution < 1.29 is 57.1 Å². The average Bonchev–Trinajstić information content (AvgIpc) is 3.86. The second-order valence-corrected chi connectivity index (χ2v) is 18.3. The van der Waals surface area contributed by atoms with E-state index in [0.717, 1.165) is 42.6 Å². The van der Waals surface area contributed by atoms with Crippen LogP contribution >= 0.6 is 11.3 Å². The maximum Gasteiger partial charge on any atom is 0.414 e. The highest BCUT2D eigenvalue weighted by Crippen LogP contribution is 2.35. The van der Waals surface area contributed by atoms with Crippen LogP contribution in [0.3, 0.4) is 0 Å². The van der Waals surface area contributed by atoms with Gasteiger partial charge in [0.05, 0.1) is 94.0 Å². The van der Waals surface area contributed by atoms with Crippen molar-refractivity contribution in [2.45, 2.75) is 45.3 Å². The summed E-state index contributed by atoms with van der Waals surface area (Å²) in [6.45, 7) is 9.45. The second kappa shape index (κ2) is 23.8. The quantitative estimate of drug-likeness (QED) is 0.0527. The summed E-state index contributed by atoms with van der Waals surface area (Å²) in [7, 11) is 3.93. The Kier molecular flexibility index (Phi) is 17.4. The zero-order valence-corrected chi connectivity index (χ0v) is 40.3. The van der Waals surface area contributed by atoms with E-state index in [1.165, 1.54) is 12.1 Å². The van der Waals surface area contributed by atoms with Crippen molar-refractivity contribution in [2.24, 2.45) is 0 Å². The molecule has 2 aromatic heterocycles. The van der Waals surface area contributed by atoms with Crippen molar-refractivity contribution >= 4 is 62.8 Å². The van der Waals surface area contributed by atoms with Crippen molar-refractivity contribution in [2.75, 3.05) is 103 Å². The summed E-state index contributed by atoms with van der Waals surface area (Å²) in [4.78, 5) is 77.0. The predicted molar refractivity (Wildman–Crippen MR) is 259 cm³/mol. The molecule has 4 heterocycles. The van der Waals surface area contributed by atoms with E-state index in [4.69, 9.17) is 38.1 Å². The number of hydrogen-bond donors (Lipinski definition) is 1. The lowest BCUT2D eigenvalue weighted by Crippen LogP contribution is -2.54. The molecule has 0 radical (unpaired) electrons. The SMILES string of the molecule is CN(C)c1ccc(-c2ccc(-c3nc4ccc(N(CCOCCOCCOCCOCCOCCOc5ccc6c(c5)C(=O)N(C5CCC(=O)NC5=O)C6=O)C(=O)OC(C)(C)C)cc4s3)cc2)cn1. The molecule has 2 aliphatic heterocycles. The number of thiazole rings is 1. The molecule has 366 valence electrons. The van der Waals surface area contributed by atoms with E-state index in [0.29, 0.717) is 64.3 Å². The van der Waals surface area contributed by atoms with Crippen LogP contribution in [0, 0.1) is 0 Å². The number of pyridine rings is 1. The highest BCUT2D eigenvalue weighted by atomic mass is 32.1. The van der Waals surface area contributed by atoms with Crippen LogP contribution in [0.5, 0.6) is 5.75 Å². The fourth-order valence-electron chi connectivity index (χ4n) is 7.37. The molecule has 5 amide bonds. The molecule has 69 heavy (non-hydrogen) atoms. The van der Waals surface area contributed by atoms with Crippen LogP contribution in [0.15, 0.2) is 79.0 Å². The summed E-state index contributed by atoms with van der Waals surface area (Å²) in [6.07, 6.45) is 1.55. The largest absolute Gasteiger partial charge is 0.491 e. The number of piperidine rings is 1. The summed E-state index contributed by atoms with van der Waals surface area (Å²) in [5.41, 5.74) is 4.28. The molecule has 0 spiro atoms. The molecule has 0 saturated carbocycles. The van der Waals surface area contributed by atoms with Gasteiger partial charge >= 0.3 is 6.09 Å². The first-order valence-electron chi connectivity index (χ1n) is 22.8. The smallest absolute Gasteiger partial charge is 0.414 e. The minimum Gasteiger partial charge on any atom is -0.491 e. The number of ether oxygens (including phenoxy) is 7. The Labute approximate surface area is 404 Å². The van der Waals surface area contributed by atoms with Gasteiger partial charge in [-0.3, -0.25) is 34.3 Å². The Morgan fingerprint density at radius 3 is 1.94 bits per heavy atom. The third-order valence-corrected chi connectivity index (χ3v) is 11.9. The molecule has 18 nitrogen and oxygen atoms in total. The van der Waals surface area contributed by atoms with E-state index in [9.17, 15) is 24.0 Å². The number of rotatable bonds is 24. The zero-order valence-electron chi connectivity index (χ0n) is 39.5. The zero-order chi connectivity index (χ0) is 48.9. The fraction of sp³-hybridized carbons (Fsp3) is 0.420. The standard InChI is InChI=1S/C50H58N6O12S/c1-50(2,3)68-49(61)55(36-11-14-40-42(30-36)69-46(52-40)34-8-6-33(7-9-34)35-10-16-43(51-32-35)54(4)5)18-19-62-20-21-63-22-23-64-24-25-65-26-27-66-28-29-67-37-12-13-38-39(31-37)48(60)56(47(38)59)41-15-17-44(57)53-45(41)58/h6-14,16,30-32,41H,15,17-29H2,1-5H3,(H,53,57,58). The van der Waals surface area contributed by atoms with Gasteiger partial charge in [-0.05, 0) is 81.3 Å². The van der Waals surface area contributed by atoms with Crippen LogP contribution in [-0.4, -0.2) is 150 Å². The number of amides is 5. The summed E-state index contributed by atoms with van der Waals surface area (Å²) < 4.78 is 40.6. The molecule has 19 heteroatoms. The van der Waals surface area contributed by atoms with E-state index >= 15 is 0 Å². The van der Waals surface area contributed by atoms with Gasteiger partial charge in [-0.1, -0.05) is 24.3 Å². The minimum absolute atomic E-state index is 0.0519. The Bertz CT molecular complexity index is 2580. The number of imide groups is 2. The van der Waals surface area contributed by atoms with Gasteiger partial charge in [0, 0.05) is 43.5 Å². The molecule has 1 atom stereocenters. The average molecular weight is 967 g/mol. The fourth-order valence-corrected chi connectivity index (χ4v) is 8.37. The monoisotopic (exact) mass is 966 g/mol. The van der Waals surface area contributed by atoms with Crippen LogP contribution in [-0.2, 0) is 38.0 Å².